The molecule has 1 fully saturated rings. The first kappa shape index (κ1) is 11.9. The van der Waals surface area contributed by atoms with Crippen molar-refractivity contribution in [3.05, 3.63) is 29.0 Å². The molecule has 1 aliphatic heterocycles. The number of halogens is 2. The van der Waals surface area contributed by atoms with Gasteiger partial charge in [0, 0.05) is 12.2 Å². The molecular weight excluding hydrogens is 247 g/mol. The molecule has 1 N–H and O–H groups in total. The Balaban J connectivity index is 2.30. The lowest BCUT2D eigenvalue weighted by Gasteiger charge is -2.30. The average molecular weight is 257 g/mol. The number of benzene rings is 1. The minimum atomic E-state index is -0.596. The van der Waals surface area contributed by atoms with E-state index in [1.165, 1.54) is 23.1 Å². The minimum absolute atomic E-state index is 0.00436. The number of urea groups is 1. The van der Waals surface area contributed by atoms with Gasteiger partial charge in [0.25, 0.3) is 0 Å². The van der Waals surface area contributed by atoms with Crippen molar-refractivity contribution in [1.82, 2.24) is 5.32 Å². The van der Waals surface area contributed by atoms with Crippen molar-refractivity contribution in [1.29, 1.82) is 0 Å². The average Bonchev–Trinajstić information content (AvgIpc) is 2.27. The fourth-order valence-corrected chi connectivity index (χ4v) is 1.73. The maximum absolute atomic E-state index is 13.3. The van der Waals surface area contributed by atoms with E-state index in [0.29, 0.717) is 5.69 Å². The Morgan fingerprint density at radius 1 is 1.47 bits per heavy atom. The van der Waals surface area contributed by atoms with Crippen LogP contribution in [-0.4, -0.2) is 18.5 Å². The number of imide groups is 1. The van der Waals surface area contributed by atoms with Crippen molar-refractivity contribution in [3.8, 4) is 0 Å². The first-order valence-corrected chi connectivity index (χ1v) is 5.44. The van der Waals surface area contributed by atoms with Gasteiger partial charge < -0.3 is 0 Å². The van der Waals surface area contributed by atoms with E-state index in [9.17, 15) is 14.0 Å². The molecule has 4 nitrogen and oxygen atoms in total. The number of nitrogens with one attached hydrogen (secondary N) is 1. The van der Waals surface area contributed by atoms with Gasteiger partial charge in [-0.05, 0) is 18.2 Å². The van der Waals surface area contributed by atoms with Crippen LogP contribution in [0.5, 0.6) is 0 Å². The fourth-order valence-electron chi connectivity index (χ4n) is 1.61. The molecule has 17 heavy (non-hydrogen) atoms. The number of anilines is 1. The minimum Gasteiger partial charge on any atom is -0.293 e. The predicted molar refractivity (Wildman–Crippen MR) is 61.5 cm³/mol. The van der Waals surface area contributed by atoms with Crippen molar-refractivity contribution in [2.24, 2.45) is 5.92 Å². The molecule has 1 aromatic rings. The second-order valence-corrected chi connectivity index (χ2v) is 4.31. The van der Waals surface area contributed by atoms with Crippen LogP contribution < -0.4 is 10.2 Å². The van der Waals surface area contributed by atoms with Gasteiger partial charge in [0.05, 0.1) is 10.9 Å². The Kier molecular flexibility index (Phi) is 3.02. The quantitative estimate of drug-likeness (QED) is 0.837. The molecule has 3 amide bonds. The molecule has 0 bridgehead atoms. The molecule has 1 saturated heterocycles. The van der Waals surface area contributed by atoms with E-state index in [1.807, 2.05) is 0 Å². The molecule has 0 aliphatic carbocycles. The van der Waals surface area contributed by atoms with E-state index in [2.05, 4.69) is 5.32 Å². The predicted octanol–water partition coefficient (Wildman–Crippen LogP) is 2.17. The highest BCUT2D eigenvalue weighted by atomic mass is 35.5. The lowest BCUT2D eigenvalue weighted by atomic mass is 10.1. The molecule has 1 aliphatic rings. The summed E-state index contributed by atoms with van der Waals surface area (Å²) in [7, 11) is 0. The standard InChI is InChI=1S/C11H10ClFN2O2/c1-6-5-15(11(17)14-10(6)16)7-2-3-8(12)9(13)4-7/h2-4,6H,5H2,1H3,(H,14,16,17). The number of carbonyl (C=O) groups excluding carboxylic acids is 2. The van der Waals surface area contributed by atoms with Crippen LogP contribution >= 0.6 is 11.6 Å². The molecule has 0 radical (unpaired) electrons. The van der Waals surface area contributed by atoms with E-state index in [4.69, 9.17) is 11.6 Å². The number of amides is 3. The second kappa shape index (κ2) is 4.33. The molecule has 90 valence electrons. The molecule has 0 saturated carbocycles. The Bertz CT molecular complexity index is 492. The summed E-state index contributed by atoms with van der Waals surface area (Å²) in [6.07, 6.45) is 0. The van der Waals surface area contributed by atoms with Crippen LogP contribution in [0.3, 0.4) is 0 Å². The topological polar surface area (TPSA) is 49.4 Å². The van der Waals surface area contributed by atoms with Crippen molar-refractivity contribution < 1.29 is 14.0 Å². The summed E-state index contributed by atoms with van der Waals surface area (Å²) in [6.45, 7) is 1.92. The van der Waals surface area contributed by atoms with Crippen LogP contribution in [0.2, 0.25) is 5.02 Å². The summed E-state index contributed by atoms with van der Waals surface area (Å²) in [5, 5.41) is 2.20. The third-order valence-corrected chi connectivity index (χ3v) is 2.90. The van der Waals surface area contributed by atoms with Crippen LogP contribution in [-0.2, 0) is 4.79 Å². The highest BCUT2D eigenvalue weighted by Crippen LogP contribution is 2.24. The van der Waals surface area contributed by atoms with Gasteiger partial charge in [0.1, 0.15) is 5.82 Å². The Morgan fingerprint density at radius 3 is 2.82 bits per heavy atom. The van der Waals surface area contributed by atoms with Crippen molar-refractivity contribution >= 4 is 29.2 Å². The summed E-state index contributed by atoms with van der Waals surface area (Å²) < 4.78 is 13.3. The van der Waals surface area contributed by atoms with Gasteiger partial charge in [-0.25, -0.2) is 9.18 Å². The molecule has 1 unspecified atom stereocenters. The van der Waals surface area contributed by atoms with Crippen LogP contribution in [0.15, 0.2) is 18.2 Å². The van der Waals surface area contributed by atoms with E-state index >= 15 is 0 Å². The lowest BCUT2D eigenvalue weighted by Crippen LogP contribution is -2.53. The largest absolute Gasteiger partial charge is 0.328 e. The van der Waals surface area contributed by atoms with Gasteiger partial charge in [-0.3, -0.25) is 15.0 Å². The fraction of sp³-hybridized carbons (Fsp3) is 0.273. The molecule has 2 rings (SSSR count). The number of nitrogens with zero attached hydrogens (tertiary/aromatic N) is 1. The van der Waals surface area contributed by atoms with Crippen molar-refractivity contribution in [3.63, 3.8) is 0 Å². The van der Waals surface area contributed by atoms with E-state index in [1.54, 1.807) is 6.92 Å². The van der Waals surface area contributed by atoms with Gasteiger partial charge in [-0.15, -0.1) is 0 Å². The molecule has 1 heterocycles. The monoisotopic (exact) mass is 256 g/mol. The second-order valence-electron chi connectivity index (χ2n) is 3.90. The highest BCUT2D eigenvalue weighted by molar-refractivity contribution is 6.30. The molecule has 1 aromatic carbocycles. The molecule has 6 heteroatoms. The lowest BCUT2D eigenvalue weighted by molar-refractivity contribution is -0.123. The Labute approximate surface area is 102 Å². The van der Waals surface area contributed by atoms with Crippen LogP contribution in [0.1, 0.15) is 6.92 Å². The SMILES string of the molecule is CC1CN(c2ccc(Cl)c(F)c2)C(=O)NC1=O. The van der Waals surface area contributed by atoms with E-state index in [-0.39, 0.29) is 23.4 Å². The molecule has 0 spiro atoms. The summed E-state index contributed by atoms with van der Waals surface area (Å²) in [5.74, 6) is -1.24. The third-order valence-electron chi connectivity index (χ3n) is 2.59. The molecule has 1 atom stereocenters. The van der Waals surface area contributed by atoms with Gasteiger partial charge in [-0.1, -0.05) is 18.5 Å². The summed E-state index contributed by atoms with van der Waals surface area (Å²) in [6, 6.07) is 3.54. The number of rotatable bonds is 1. The van der Waals surface area contributed by atoms with Gasteiger partial charge in [0.15, 0.2) is 0 Å². The first-order valence-electron chi connectivity index (χ1n) is 5.06. The smallest absolute Gasteiger partial charge is 0.293 e. The van der Waals surface area contributed by atoms with Crippen LogP contribution in [0.4, 0.5) is 14.9 Å². The normalized spacial score (nSPS) is 20.4. The van der Waals surface area contributed by atoms with Gasteiger partial charge in [-0.2, -0.15) is 0 Å². The summed E-state index contributed by atoms with van der Waals surface area (Å²) >= 11 is 5.56. The summed E-state index contributed by atoms with van der Waals surface area (Å²) in [4.78, 5) is 24.1. The maximum atomic E-state index is 13.3. The molecule has 0 aromatic heterocycles. The van der Waals surface area contributed by atoms with Crippen molar-refractivity contribution in [2.45, 2.75) is 6.92 Å². The van der Waals surface area contributed by atoms with Gasteiger partial charge in [0.2, 0.25) is 5.91 Å². The maximum Gasteiger partial charge on any atom is 0.328 e. The zero-order valence-electron chi connectivity index (χ0n) is 9.04. The first-order chi connectivity index (χ1) is 7.99. The van der Waals surface area contributed by atoms with Crippen LogP contribution in [0, 0.1) is 11.7 Å². The zero-order valence-corrected chi connectivity index (χ0v) is 9.79. The third kappa shape index (κ3) is 2.24. The highest BCUT2D eigenvalue weighted by Gasteiger charge is 2.30. The Hall–Kier alpha value is -1.62. The zero-order chi connectivity index (χ0) is 12.6. The van der Waals surface area contributed by atoms with Crippen molar-refractivity contribution in [2.75, 3.05) is 11.4 Å². The van der Waals surface area contributed by atoms with E-state index in [0.717, 1.165) is 0 Å². The number of hydrogen-bond acceptors (Lipinski definition) is 2. The van der Waals surface area contributed by atoms with Gasteiger partial charge >= 0.3 is 6.03 Å². The number of carbonyl (C=O) groups is 2. The Morgan fingerprint density at radius 2 is 2.18 bits per heavy atom. The van der Waals surface area contributed by atoms with Crippen LogP contribution in [0.25, 0.3) is 0 Å². The van der Waals surface area contributed by atoms with E-state index < -0.39 is 11.8 Å². The number of hydrogen-bond donors (Lipinski definition) is 1. The molecular formula is C11H10ClFN2O2. The summed E-state index contributed by atoms with van der Waals surface area (Å²) in [5.41, 5.74) is 0.378.